The minimum atomic E-state index is -0.0876. The Hall–Kier alpha value is -3.02. The molecule has 1 unspecified atom stereocenters. The smallest absolute Gasteiger partial charge is 0.232 e. The van der Waals surface area contributed by atoms with Gasteiger partial charge >= 0.3 is 0 Å². The normalized spacial score (nSPS) is 17.3. The first-order chi connectivity index (χ1) is 12.6. The molecule has 1 saturated heterocycles. The lowest BCUT2D eigenvalue weighted by Crippen LogP contribution is -2.24. The molecule has 0 aliphatic carbocycles. The van der Waals surface area contributed by atoms with Crippen molar-refractivity contribution in [2.75, 3.05) is 11.4 Å². The number of amides is 1. The van der Waals surface area contributed by atoms with E-state index in [0.717, 1.165) is 11.3 Å². The van der Waals surface area contributed by atoms with Crippen molar-refractivity contribution in [3.8, 4) is 11.4 Å². The minimum Gasteiger partial charge on any atom is -0.339 e. The van der Waals surface area contributed by atoms with Crippen LogP contribution in [-0.2, 0) is 4.79 Å². The van der Waals surface area contributed by atoms with Crippen LogP contribution in [0.1, 0.15) is 43.6 Å². The monoisotopic (exact) mass is 348 g/mol. The molecule has 0 bridgehead atoms. The van der Waals surface area contributed by atoms with Gasteiger partial charge in [0.15, 0.2) is 0 Å². The van der Waals surface area contributed by atoms with E-state index in [4.69, 9.17) is 4.52 Å². The molecule has 2 aromatic heterocycles. The van der Waals surface area contributed by atoms with Gasteiger partial charge in [-0.05, 0) is 35.7 Å². The fourth-order valence-electron chi connectivity index (χ4n) is 3.18. The first-order valence-electron chi connectivity index (χ1n) is 8.76. The summed E-state index contributed by atoms with van der Waals surface area (Å²) in [5.74, 6) is 1.49. The van der Waals surface area contributed by atoms with Gasteiger partial charge in [0, 0.05) is 36.6 Å². The third-order valence-electron chi connectivity index (χ3n) is 4.73. The number of aromatic nitrogens is 3. The summed E-state index contributed by atoms with van der Waals surface area (Å²) >= 11 is 0. The van der Waals surface area contributed by atoms with Gasteiger partial charge in [0.1, 0.15) is 0 Å². The highest BCUT2D eigenvalue weighted by Crippen LogP contribution is 2.32. The number of anilines is 1. The van der Waals surface area contributed by atoms with Crippen molar-refractivity contribution in [2.24, 2.45) is 0 Å². The molecule has 0 radical (unpaired) electrons. The average Bonchev–Trinajstić information content (AvgIpc) is 3.29. The highest BCUT2D eigenvalue weighted by molar-refractivity contribution is 5.96. The maximum atomic E-state index is 12.5. The molecule has 1 atom stereocenters. The number of carbonyl (C=O) groups excluding carboxylic acids is 1. The van der Waals surface area contributed by atoms with Crippen molar-refractivity contribution in [3.63, 3.8) is 0 Å². The van der Waals surface area contributed by atoms with Crippen LogP contribution < -0.4 is 4.90 Å². The van der Waals surface area contributed by atoms with Gasteiger partial charge < -0.3 is 9.42 Å². The van der Waals surface area contributed by atoms with Crippen LogP contribution in [0.2, 0.25) is 0 Å². The van der Waals surface area contributed by atoms with Crippen LogP contribution in [0.15, 0.2) is 53.3 Å². The van der Waals surface area contributed by atoms with Crippen LogP contribution in [-0.4, -0.2) is 27.6 Å². The van der Waals surface area contributed by atoms with Crippen LogP contribution in [0.3, 0.4) is 0 Å². The Labute approximate surface area is 151 Å². The van der Waals surface area contributed by atoms with Crippen molar-refractivity contribution in [2.45, 2.75) is 32.1 Å². The van der Waals surface area contributed by atoms with Crippen LogP contribution in [0.4, 0.5) is 5.69 Å². The van der Waals surface area contributed by atoms with Gasteiger partial charge in [0.05, 0.1) is 5.92 Å². The lowest BCUT2D eigenvalue weighted by atomic mass is 10.0. The Bertz CT molecular complexity index is 903. The Balaban J connectivity index is 1.52. The quantitative estimate of drug-likeness (QED) is 0.717. The summed E-state index contributed by atoms with van der Waals surface area (Å²) in [6.45, 7) is 4.86. The molecular formula is C20H20N4O2. The molecule has 1 fully saturated rings. The van der Waals surface area contributed by atoms with E-state index >= 15 is 0 Å². The predicted octanol–water partition coefficient (Wildman–Crippen LogP) is 3.78. The fraction of sp³-hybridized carbons (Fsp3) is 0.300. The van der Waals surface area contributed by atoms with Crippen molar-refractivity contribution in [3.05, 3.63) is 60.2 Å². The summed E-state index contributed by atoms with van der Waals surface area (Å²) < 4.78 is 5.43. The average molecular weight is 348 g/mol. The van der Waals surface area contributed by atoms with Gasteiger partial charge in [-0.1, -0.05) is 31.1 Å². The van der Waals surface area contributed by atoms with E-state index in [1.54, 1.807) is 17.3 Å². The molecule has 1 amide bonds. The zero-order valence-electron chi connectivity index (χ0n) is 14.8. The number of carbonyl (C=O) groups is 1. The van der Waals surface area contributed by atoms with Gasteiger partial charge in [-0.15, -0.1) is 0 Å². The van der Waals surface area contributed by atoms with E-state index in [1.165, 1.54) is 5.56 Å². The van der Waals surface area contributed by atoms with E-state index < -0.39 is 0 Å². The molecule has 0 spiro atoms. The summed E-state index contributed by atoms with van der Waals surface area (Å²) in [6.07, 6.45) is 3.75. The molecule has 0 N–H and O–H groups in total. The maximum absolute atomic E-state index is 12.5. The lowest BCUT2D eigenvalue weighted by Gasteiger charge is -2.17. The van der Waals surface area contributed by atoms with Crippen LogP contribution in [0.5, 0.6) is 0 Å². The molecule has 6 nitrogen and oxygen atoms in total. The van der Waals surface area contributed by atoms with E-state index in [-0.39, 0.29) is 11.8 Å². The molecule has 0 saturated carbocycles. The zero-order chi connectivity index (χ0) is 18.1. The highest BCUT2D eigenvalue weighted by atomic mass is 16.5. The molecule has 1 aliphatic heterocycles. The number of rotatable bonds is 4. The third-order valence-corrected chi connectivity index (χ3v) is 4.73. The molecule has 1 aliphatic rings. The third kappa shape index (κ3) is 3.10. The number of hydrogen-bond donors (Lipinski definition) is 0. The zero-order valence-corrected chi connectivity index (χ0v) is 14.8. The van der Waals surface area contributed by atoms with Crippen molar-refractivity contribution >= 4 is 11.6 Å². The van der Waals surface area contributed by atoms with E-state index in [1.807, 2.05) is 24.3 Å². The van der Waals surface area contributed by atoms with E-state index in [0.29, 0.717) is 30.6 Å². The first-order valence-corrected chi connectivity index (χ1v) is 8.76. The van der Waals surface area contributed by atoms with Gasteiger partial charge in [0.25, 0.3) is 0 Å². The highest BCUT2D eigenvalue weighted by Gasteiger charge is 2.35. The van der Waals surface area contributed by atoms with Crippen molar-refractivity contribution < 1.29 is 9.32 Å². The Morgan fingerprint density at radius 1 is 1.12 bits per heavy atom. The second-order valence-corrected chi connectivity index (χ2v) is 6.84. The SMILES string of the molecule is CC(C)c1ccc(N2CC(c3nc(-c4ccncc4)no3)CC2=O)cc1. The summed E-state index contributed by atoms with van der Waals surface area (Å²) in [5, 5.41) is 4.04. The molecule has 3 aromatic rings. The van der Waals surface area contributed by atoms with E-state index in [9.17, 15) is 4.79 Å². The summed E-state index contributed by atoms with van der Waals surface area (Å²) in [6, 6.07) is 11.8. The second-order valence-electron chi connectivity index (χ2n) is 6.84. The Morgan fingerprint density at radius 3 is 2.54 bits per heavy atom. The molecule has 132 valence electrons. The summed E-state index contributed by atoms with van der Waals surface area (Å²) in [7, 11) is 0. The van der Waals surface area contributed by atoms with Gasteiger partial charge in [-0.3, -0.25) is 9.78 Å². The number of benzene rings is 1. The van der Waals surface area contributed by atoms with Crippen LogP contribution in [0, 0.1) is 0 Å². The van der Waals surface area contributed by atoms with Crippen LogP contribution >= 0.6 is 0 Å². The predicted molar refractivity (Wildman–Crippen MR) is 97.8 cm³/mol. The number of nitrogens with zero attached hydrogens (tertiary/aromatic N) is 4. The molecular weight excluding hydrogens is 328 g/mol. The molecule has 3 heterocycles. The maximum Gasteiger partial charge on any atom is 0.232 e. The molecule has 6 heteroatoms. The molecule has 4 rings (SSSR count). The van der Waals surface area contributed by atoms with Crippen molar-refractivity contribution in [1.82, 2.24) is 15.1 Å². The summed E-state index contributed by atoms with van der Waals surface area (Å²) in [4.78, 5) is 22.7. The Morgan fingerprint density at radius 2 is 1.85 bits per heavy atom. The van der Waals surface area contributed by atoms with Gasteiger partial charge in [-0.25, -0.2) is 0 Å². The topological polar surface area (TPSA) is 72.1 Å². The lowest BCUT2D eigenvalue weighted by molar-refractivity contribution is -0.117. The largest absolute Gasteiger partial charge is 0.339 e. The standard InChI is InChI=1S/C20H20N4O2/c1-13(2)14-3-5-17(6-4-14)24-12-16(11-18(24)25)20-22-19(23-26-20)15-7-9-21-10-8-15/h3-10,13,16H,11-12H2,1-2H3. The number of hydrogen-bond acceptors (Lipinski definition) is 5. The second kappa shape index (κ2) is 6.71. The fourth-order valence-corrected chi connectivity index (χ4v) is 3.18. The first kappa shape index (κ1) is 16.4. The van der Waals surface area contributed by atoms with Gasteiger partial charge in [0.2, 0.25) is 17.6 Å². The summed E-state index contributed by atoms with van der Waals surface area (Å²) in [5.41, 5.74) is 3.02. The molecule has 26 heavy (non-hydrogen) atoms. The minimum absolute atomic E-state index is 0.0796. The molecule has 1 aromatic carbocycles. The Kier molecular flexibility index (Phi) is 4.24. The number of pyridine rings is 1. The van der Waals surface area contributed by atoms with Crippen molar-refractivity contribution in [1.29, 1.82) is 0 Å². The van der Waals surface area contributed by atoms with Gasteiger partial charge in [-0.2, -0.15) is 4.98 Å². The van der Waals surface area contributed by atoms with Crippen LogP contribution in [0.25, 0.3) is 11.4 Å². The van der Waals surface area contributed by atoms with E-state index in [2.05, 4.69) is 41.1 Å².